The number of carboxylic acid groups (broad SMARTS) is 1. The maximum atomic E-state index is 12.2. The van der Waals surface area contributed by atoms with Crippen LogP contribution in [-0.2, 0) is 19.1 Å². The predicted molar refractivity (Wildman–Crippen MR) is 77.0 cm³/mol. The summed E-state index contributed by atoms with van der Waals surface area (Å²) in [7, 11) is 2.72. The van der Waals surface area contributed by atoms with Crippen LogP contribution < -0.4 is 5.32 Å². The lowest BCUT2D eigenvalue weighted by atomic mass is 9.99. The molecule has 0 fully saturated rings. The molecule has 1 rings (SSSR count). The Morgan fingerprint density at radius 3 is 2.43 bits per heavy atom. The third kappa shape index (κ3) is 5.80. The molecule has 128 valence electrons. The zero-order valence-electron chi connectivity index (χ0n) is 13.2. The molecule has 0 aliphatic carbocycles. The third-order valence-electron chi connectivity index (χ3n) is 3.05. The van der Waals surface area contributed by atoms with Crippen LogP contribution in [0.2, 0.25) is 0 Å². The van der Waals surface area contributed by atoms with Crippen molar-refractivity contribution in [3.05, 3.63) is 17.5 Å². The van der Waals surface area contributed by atoms with E-state index in [2.05, 4.69) is 10.5 Å². The summed E-state index contributed by atoms with van der Waals surface area (Å²) < 4.78 is 14.5. The molecule has 1 aromatic rings. The number of amides is 1. The highest BCUT2D eigenvalue weighted by molar-refractivity contribution is 5.97. The zero-order valence-corrected chi connectivity index (χ0v) is 13.2. The average molecular weight is 328 g/mol. The summed E-state index contributed by atoms with van der Waals surface area (Å²) in [6.45, 7) is 1.45. The number of ketones is 1. The minimum absolute atomic E-state index is 0.0306. The van der Waals surface area contributed by atoms with E-state index < -0.39 is 29.6 Å². The van der Waals surface area contributed by atoms with Crippen molar-refractivity contribution in [1.29, 1.82) is 0 Å². The molecule has 1 amide bonds. The van der Waals surface area contributed by atoms with E-state index in [1.165, 1.54) is 20.3 Å². The van der Waals surface area contributed by atoms with Gasteiger partial charge in [0.2, 0.25) is 0 Å². The molecule has 2 atom stereocenters. The highest BCUT2D eigenvalue weighted by atomic mass is 16.5. The Morgan fingerprint density at radius 2 is 1.96 bits per heavy atom. The molecule has 0 saturated carbocycles. The predicted octanol–water partition coefficient (Wildman–Crippen LogP) is 0.0342. The first-order valence-electron chi connectivity index (χ1n) is 6.86. The van der Waals surface area contributed by atoms with E-state index in [0.717, 1.165) is 0 Å². The Hall–Kier alpha value is -2.26. The van der Waals surface area contributed by atoms with Crippen LogP contribution in [-0.4, -0.2) is 61.4 Å². The minimum atomic E-state index is -1.14. The van der Waals surface area contributed by atoms with Gasteiger partial charge < -0.3 is 24.4 Å². The number of carbonyl (C=O) groups excluding carboxylic acids is 2. The molecule has 1 aromatic heterocycles. The lowest BCUT2D eigenvalue weighted by Gasteiger charge is -2.18. The van der Waals surface area contributed by atoms with Gasteiger partial charge in [-0.25, -0.2) is 0 Å². The number of hydrogen-bond acceptors (Lipinski definition) is 7. The maximum Gasteiger partial charge on any atom is 0.309 e. The highest BCUT2D eigenvalue weighted by Crippen LogP contribution is 2.09. The zero-order chi connectivity index (χ0) is 17.4. The second-order valence-corrected chi connectivity index (χ2v) is 4.97. The van der Waals surface area contributed by atoms with Crippen LogP contribution in [0.3, 0.4) is 0 Å². The number of ether oxygens (including phenoxy) is 2. The fourth-order valence-corrected chi connectivity index (χ4v) is 1.89. The van der Waals surface area contributed by atoms with E-state index in [-0.39, 0.29) is 25.3 Å². The Morgan fingerprint density at radius 1 is 1.30 bits per heavy atom. The van der Waals surface area contributed by atoms with E-state index in [4.69, 9.17) is 19.1 Å². The van der Waals surface area contributed by atoms with Gasteiger partial charge in [0.1, 0.15) is 11.8 Å². The molecule has 23 heavy (non-hydrogen) atoms. The SMILES string of the molecule is COC[C@H](CC(=O)[C@H](COC)NC(=O)c1cc(C)on1)C(=O)O. The van der Waals surface area contributed by atoms with Crippen LogP contribution in [0.5, 0.6) is 0 Å². The number of aromatic nitrogens is 1. The summed E-state index contributed by atoms with van der Waals surface area (Å²) in [5.41, 5.74) is 0.0306. The molecule has 0 saturated heterocycles. The largest absolute Gasteiger partial charge is 0.481 e. The van der Waals surface area contributed by atoms with Gasteiger partial charge in [0.05, 0.1) is 19.1 Å². The van der Waals surface area contributed by atoms with Crippen molar-refractivity contribution < 1.29 is 33.5 Å². The number of aliphatic carboxylic acids is 1. The number of nitrogens with zero attached hydrogens (tertiary/aromatic N) is 1. The van der Waals surface area contributed by atoms with Crippen molar-refractivity contribution in [2.24, 2.45) is 5.92 Å². The van der Waals surface area contributed by atoms with Crippen LogP contribution in [0.1, 0.15) is 22.7 Å². The molecular formula is C14H20N2O7. The van der Waals surface area contributed by atoms with Crippen LogP contribution in [0, 0.1) is 12.8 Å². The Kier molecular flexibility index (Phi) is 7.36. The number of Topliss-reactive ketones (excluding diaryl/α,β-unsaturated/α-hetero) is 1. The van der Waals surface area contributed by atoms with E-state index in [1.807, 2.05) is 0 Å². The second kappa shape index (κ2) is 9.01. The normalized spacial score (nSPS) is 13.3. The monoisotopic (exact) mass is 328 g/mol. The van der Waals surface area contributed by atoms with Crippen LogP contribution in [0.15, 0.2) is 10.6 Å². The van der Waals surface area contributed by atoms with Gasteiger partial charge in [-0.15, -0.1) is 0 Å². The van der Waals surface area contributed by atoms with E-state index in [0.29, 0.717) is 5.76 Å². The van der Waals surface area contributed by atoms with Gasteiger partial charge in [-0.05, 0) is 6.92 Å². The van der Waals surface area contributed by atoms with E-state index >= 15 is 0 Å². The fraction of sp³-hybridized carbons (Fsp3) is 0.571. The fourth-order valence-electron chi connectivity index (χ4n) is 1.89. The number of carbonyl (C=O) groups is 3. The van der Waals surface area contributed by atoms with Gasteiger partial charge in [-0.1, -0.05) is 5.16 Å². The molecule has 0 unspecified atom stereocenters. The molecule has 2 N–H and O–H groups in total. The number of hydrogen-bond donors (Lipinski definition) is 2. The van der Waals surface area contributed by atoms with Crippen LogP contribution in [0.4, 0.5) is 0 Å². The van der Waals surface area contributed by atoms with Crippen molar-refractivity contribution in [2.75, 3.05) is 27.4 Å². The summed E-state index contributed by atoms with van der Waals surface area (Å²) in [5, 5.41) is 15.1. The molecule has 0 aliphatic heterocycles. The van der Waals surface area contributed by atoms with Crippen molar-refractivity contribution in [2.45, 2.75) is 19.4 Å². The first-order chi connectivity index (χ1) is 10.9. The molecule has 1 heterocycles. The van der Waals surface area contributed by atoms with Gasteiger partial charge >= 0.3 is 5.97 Å². The van der Waals surface area contributed by atoms with Gasteiger partial charge in [-0.2, -0.15) is 0 Å². The van der Waals surface area contributed by atoms with Crippen LogP contribution in [0.25, 0.3) is 0 Å². The number of rotatable bonds is 10. The van der Waals surface area contributed by atoms with E-state index in [1.54, 1.807) is 6.92 Å². The quantitative estimate of drug-likeness (QED) is 0.616. The van der Waals surface area contributed by atoms with Crippen LogP contribution >= 0.6 is 0 Å². The summed E-state index contributed by atoms with van der Waals surface area (Å²) >= 11 is 0. The topological polar surface area (TPSA) is 128 Å². The molecule has 0 radical (unpaired) electrons. The first-order valence-corrected chi connectivity index (χ1v) is 6.86. The molecule has 9 heteroatoms. The molecule has 0 bridgehead atoms. The number of methoxy groups -OCH3 is 2. The smallest absolute Gasteiger partial charge is 0.309 e. The van der Waals surface area contributed by atoms with E-state index in [9.17, 15) is 14.4 Å². The summed E-state index contributed by atoms with van der Waals surface area (Å²) in [6, 6.07) is 0.442. The summed E-state index contributed by atoms with van der Waals surface area (Å²) in [6.07, 6.45) is -0.282. The minimum Gasteiger partial charge on any atom is -0.481 e. The summed E-state index contributed by atoms with van der Waals surface area (Å²) in [4.78, 5) is 35.3. The Bertz CT molecular complexity index is 555. The number of nitrogens with one attached hydrogen (secondary N) is 1. The van der Waals surface area contributed by atoms with Gasteiger partial charge in [0.15, 0.2) is 11.5 Å². The molecule has 9 nitrogen and oxygen atoms in total. The lowest BCUT2D eigenvalue weighted by molar-refractivity contribution is -0.146. The maximum absolute atomic E-state index is 12.2. The van der Waals surface area contributed by atoms with Crippen molar-refractivity contribution in [3.8, 4) is 0 Å². The second-order valence-electron chi connectivity index (χ2n) is 4.97. The Labute approximate surface area is 132 Å². The number of aryl methyl sites for hydroxylation is 1. The molecule has 0 aliphatic rings. The highest BCUT2D eigenvalue weighted by Gasteiger charge is 2.28. The molecule has 0 aromatic carbocycles. The van der Waals surface area contributed by atoms with Crippen molar-refractivity contribution in [1.82, 2.24) is 10.5 Å². The Balaban J connectivity index is 2.74. The standard InChI is InChI=1S/C14H20N2O7/c1-8-4-10(16-23-8)13(18)15-11(7-22-3)12(17)5-9(6-21-2)14(19)20/h4,9,11H,5-7H2,1-3H3,(H,15,18)(H,19,20)/t9-,11-/m0/s1. The van der Waals surface area contributed by atoms with Gasteiger partial charge in [-0.3, -0.25) is 14.4 Å². The molecule has 0 spiro atoms. The van der Waals surface area contributed by atoms with Gasteiger partial charge in [0.25, 0.3) is 5.91 Å². The first kappa shape index (κ1) is 18.8. The van der Waals surface area contributed by atoms with Gasteiger partial charge in [0, 0.05) is 26.7 Å². The van der Waals surface area contributed by atoms with Crippen molar-refractivity contribution in [3.63, 3.8) is 0 Å². The average Bonchev–Trinajstić information content (AvgIpc) is 2.92. The summed E-state index contributed by atoms with van der Waals surface area (Å²) in [5.74, 6) is -2.75. The molecular weight excluding hydrogens is 308 g/mol. The number of carboxylic acids is 1. The van der Waals surface area contributed by atoms with Crippen molar-refractivity contribution >= 4 is 17.7 Å². The third-order valence-corrected chi connectivity index (χ3v) is 3.05. The lowest BCUT2D eigenvalue weighted by Crippen LogP contribution is -2.45.